The van der Waals surface area contributed by atoms with E-state index < -0.39 is 47.1 Å². The van der Waals surface area contributed by atoms with Gasteiger partial charge < -0.3 is 29.6 Å². The standard InChI is InChI=1S/C52H61Cl3F2N8O6S/c1-30-31(2)72-50-43(30)46(33-11-13-34(53)14-12-33)61-40(48-64-63-32(3)65(48)50)28-42(66)59-17-19-68-21-23-70-25-26-71-24-22-69-20-18-60-49(67)47-44(36-9-8-10-38(55)45(36)57)52(58-7,41(62-47)29-51(4,5)6)37-16-15-35(54)27-39(37)56/h8-16,27,40-41,44,47,62H,7,17-26,28-29H2,1-6H3,(H,59,66)(H,60,67)/t40-,41?,44?,47?,52?/m0/s1. The van der Waals surface area contributed by atoms with Crippen LogP contribution in [0.1, 0.15) is 89.9 Å². The van der Waals surface area contributed by atoms with Gasteiger partial charge in [-0.15, -0.1) is 21.5 Å². The molecule has 2 aliphatic rings. The Hall–Kier alpha value is -4.69. The summed E-state index contributed by atoms with van der Waals surface area (Å²) in [6.45, 7) is 18.8. The number of aromatic nitrogens is 3. The molecule has 0 saturated carbocycles. The number of carbonyl (C=O) groups is 2. The summed E-state index contributed by atoms with van der Waals surface area (Å²) in [6.07, 6.45) is 0.515. The van der Waals surface area contributed by atoms with Gasteiger partial charge in [0.2, 0.25) is 11.8 Å². The summed E-state index contributed by atoms with van der Waals surface area (Å²) in [7, 11) is 0. The number of hydrogen-bond acceptors (Lipinski definition) is 12. The second-order valence-corrected chi connectivity index (χ2v) is 21.4. The molecule has 3 aromatic carbocycles. The zero-order valence-electron chi connectivity index (χ0n) is 41.3. The Morgan fingerprint density at radius 1 is 0.861 bits per heavy atom. The molecular formula is C52H61Cl3F2N8O6S. The van der Waals surface area contributed by atoms with Gasteiger partial charge in [0.25, 0.3) is 0 Å². The molecule has 7 rings (SSSR count). The first-order valence-electron chi connectivity index (χ1n) is 23.8. The molecule has 3 N–H and O–H groups in total. The number of nitrogens with one attached hydrogen (secondary N) is 3. The molecule has 72 heavy (non-hydrogen) atoms. The largest absolute Gasteiger partial charge is 0.377 e. The molecule has 4 heterocycles. The molecule has 0 radical (unpaired) electrons. The molecule has 0 aliphatic carbocycles. The molecule has 20 heteroatoms. The van der Waals surface area contributed by atoms with Crippen LogP contribution in [-0.4, -0.2) is 117 Å². The fourth-order valence-electron chi connectivity index (χ4n) is 9.37. The third kappa shape index (κ3) is 12.6. The number of hydrogen-bond donors (Lipinski definition) is 3. The van der Waals surface area contributed by atoms with Crippen molar-refractivity contribution in [1.29, 1.82) is 0 Å². The number of halogens is 5. The average molecular weight is 1070 g/mol. The number of carbonyl (C=O) groups excluding carboxylic acids is 2. The highest BCUT2D eigenvalue weighted by Crippen LogP contribution is 2.54. The van der Waals surface area contributed by atoms with Crippen molar-refractivity contribution in [2.75, 3.05) is 65.9 Å². The number of fused-ring (bicyclic) bond motifs is 3. The SMILES string of the molecule is C=NC1(c2ccc(Cl)cc2F)C(CC(C)(C)C)NC(C(=O)NCCOCCOCCOCCOCCNC(=O)C[C@@H]2N=C(c3ccc(Cl)cc3)c3c(sc(C)c3C)-n3c(C)nnc32)C1c1cccc(Cl)c1F. The fourth-order valence-corrected chi connectivity index (χ4v) is 11.0. The van der Waals surface area contributed by atoms with Gasteiger partial charge in [0, 0.05) is 56.7 Å². The highest BCUT2D eigenvalue weighted by Gasteiger charge is 2.60. The minimum Gasteiger partial charge on any atom is -0.377 e. The lowest BCUT2D eigenvalue weighted by Gasteiger charge is -2.39. The van der Waals surface area contributed by atoms with E-state index in [4.69, 9.17) is 58.7 Å². The molecule has 1 saturated heterocycles. The van der Waals surface area contributed by atoms with E-state index in [9.17, 15) is 9.59 Å². The number of amides is 2. The number of aryl methyl sites for hydroxylation is 2. The van der Waals surface area contributed by atoms with Crippen LogP contribution < -0.4 is 16.0 Å². The maximum absolute atomic E-state index is 16.0. The van der Waals surface area contributed by atoms with Crippen LogP contribution in [0.3, 0.4) is 0 Å². The van der Waals surface area contributed by atoms with Gasteiger partial charge in [-0.3, -0.25) is 29.5 Å². The maximum Gasteiger partial charge on any atom is 0.237 e. The molecule has 5 atom stereocenters. The van der Waals surface area contributed by atoms with Crippen LogP contribution in [0.5, 0.6) is 0 Å². The van der Waals surface area contributed by atoms with E-state index in [1.165, 1.54) is 23.1 Å². The highest BCUT2D eigenvalue weighted by atomic mass is 35.5. The van der Waals surface area contributed by atoms with Gasteiger partial charge in [-0.1, -0.05) is 85.9 Å². The Kier molecular flexibility index (Phi) is 18.8. The summed E-state index contributed by atoms with van der Waals surface area (Å²) in [5.41, 5.74) is 2.22. The summed E-state index contributed by atoms with van der Waals surface area (Å²) >= 11 is 20.3. The quantitative estimate of drug-likeness (QED) is 0.0428. The molecule has 386 valence electrons. The van der Waals surface area contributed by atoms with Crippen LogP contribution in [0.4, 0.5) is 8.78 Å². The first-order valence-corrected chi connectivity index (χ1v) is 25.7. The number of nitrogens with zero attached hydrogens (tertiary/aromatic N) is 5. The lowest BCUT2D eigenvalue weighted by atomic mass is 9.68. The molecule has 2 amide bonds. The Labute approximate surface area is 438 Å². The second kappa shape index (κ2) is 24.6. The van der Waals surface area contributed by atoms with Gasteiger partial charge in [0.15, 0.2) is 5.82 Å². The van der Waals surface area contributed by atoms with Crippen molar-refractivity contribution in [2.45, 2.75) is 84.0 Å². The number of thiophene rings is 1. The number of aliphatic imine (C=N–C) groups is 2. The summed E-state index contributed by atoms with van der Waals surface area (Å²) in [6, 6.07) is 14.1. The first-order chi connectivity index (χ1) is 34.4. The predicted octanol–water partition coefficient (Wildman–Crippen LogP) is 9.23. The van der Waals surface area contributed by atoms with Gasteiger partial charge >= 0.3 is 0 Å². The van der Waals surface area contributed by atoms with Gasteiger partial charge in [0.1, 0.15) is 34.0 Å². The fraction of sp³-hybridized carbons (Fsp3) is 0.462. The van der Waals surface area contributed by atoms with Crippen LogP contribution in [0.2, 0.25) is 15.1 Å². The van der Waals surface area contributed by atoms with Crippen molar-refractivity contribution in [3.05, 3.63) is 132 Å². The Balaban J connectivity index is 0.802. The zero-order valence-corrected chi connectivity index (χ0v) is 44.3. The van der Waals surface area contributed by atoms with E-state index in [1.807, 2.05) is 56.5 Å². The molecule has 1 fully saturated rings. The summed E-state index contributed by atoms with van der Waals surface area (Å²) in [5.74, 6) is -1.72. The maximum atomic E-state index is 16.0. The molecule has 2 aliphatic heterocycles. The van der Waals surface area contributed by atoms with Crippen molar-refractivity contribution < 1.29 is 37.3 Å². The van der Waals surface area contributed by atoms with Crippen molar-refractivity contribution in [3.8, 4) is 5.00 Å². The second-order valence-electron chi connectivity index (χ2n) is 18.9. The summed E-state index contributed by atoms with van der Waals surface area (Å²) in [5, 5.41) is 19.7. The van der Waals surface area contributed by atoms with E-state index in [0.29, 0.717) is 63.5 Å². The lowest BCUT2D eigenvalue weighted by Crippen LogP contribution is -2.46. The van der Waals surface area contributed by atoms with Crippen molar-refractivity contribution in [3.63, 3.8) is 0 Å². The average Bonchev–Trinajstić information content (AvgIpc) is 3.94. The molecule has 0 spiro atoms. The molecule has 2 aromatic heterocycles. The minimum atomic E-state index is -1.52. The van der Waals surface area contributed by atoms with Crippen molar-refractivity contribution >= 4 is 70.4 Å². The van der Waals surface area contributed by atoms with E-state index in [2.05, 4.69) is 51.7 Å². The van der Waals surface area contributed by atoms with Gasteiger partial charge in [-0.25, -0.2) is 8.78 Å². The normalized spacial score (nSPS) is 19.6. The van der Waals surface area contributed by atoms with Crippen LogP contribution in [0.15, 0.2) is 70.6 Å². The zero-order chi connectivity index (χ0) is 51.7. The third-order valence-corrected chi connectivity index (χ3v) is 14.7. The number of benzene rings is 3. The van der Waals surface area contributed by atoms with Crippen LogP contribution in [0.25, 0.3) is 5.00 Å². The summed E-state index contributed by atoms with van der Waals surface area (Å²) < 4.78 is 56.6. The lowest BCUT2D eigenvalue weighted by molar-refractivity contribution is -0.123. The van der Waals surface area contributed by atoms with Crippen molar-refractivity contribution in [1.82, 2.24) is 30.7 Å². The highest BCUT2D eigenvalue weighted by molar-refractivity contribution is 7.15. The van der Waals surface area contributed by atoms with E-state index in [1.54, 1.807) is 29.5 Å². The van der Waals surface area contributed by atoms with E-state index in [0.717, 1.165) is 33.2 Å². The number of rotatable bonds is 23. The first kappa shape index (κ1) is 55.1. The van der Waals surface area contributed by atoms with Gasteiger partial charge in [-0.05, 0) is 80.8 Å². The van der Waals surface area contributed by atoms with Gasteiger partial charge in [-0.2, -0.15) is 0 Å². The smallest absolute Gasteiger partial charge is 0.237 e. The van der Waals surface area contributed by atoms with E-state index >= 15 is 8.78 Å². The molecule has 5 aromatic rings. The summed E-state index contributed by atoms with van der Waals surface area (Å²) in [4.78, 5) is 38.2. The number of ether oxygens (including phenoxy) is 4. The van der Waals surface area contributed by atoms with Crippen LogP contribution in [-0.2, 0) is 34.1 Å². The molecular weight excluding hydrogens is 1010 g/mol. The topological polar surface area (TPSA) is 163 Å². The Bertz CT molecular complexity index is 2750. The molecule has 4 unspecified atom stereocenters. The van der Waals surface area contributed by atoms with E-state index in [-0.39, 0.29) is 58.7 Å². The minimum absolute atomic E-state index is 0.0736. The molecule has 0 bridgehead atoms. The predicted molar refractivity (Wildman–Crippen MR) is 279 cm³/mol. The Morgan fingerprint density at radius 2 is 1.49 bits per heavy atom. The van der Waals surface area contributed by atoms with Crippen LogP contribution >= 0.6 is 46.1 Å². The van der Waals surface area contributed by atoms with Crippen LogP contribution in [0, 0.1) is 37.8 Å². The van der Waals surface area contributed by atoms with Crippen molar-refractivity contribution in [2.24, 2.45) is 15.4 Å². The third-order valence-electron chi connectivity index (χ3n) is 12.7. The monoisotopic (exact) mass is 1070 g/mol. The molecule has 14 nitrogen and oxygen atoms in total. The van der Waals surface area contributed by atoms with Gasteiger partial charge in [0.05, 0.1) is 76.1 Å². The Morgan fingerprint density at radius 3 is 2.11 bits per heavy atom.